The monoisotopic (exact) mass is 301 g/mol. The molecule has 16 heavy (non-hydrogen) atoms. The van der Waals surface area contributed by atoms with Crippen LogP contribution in [0.3, 0.4) is 0 Å². The first-order chi connectivity index (χ1) is 7.40. The molecular formula is C13H20BrNS. The van der Waals surface area contributed by atoms with Crippen LogP contribution in [-0.2, 0) is 0 Å². The van der Waals surface area contributed by atoms with Crippen LogP contribution in [0.15, 0.2) is 21.5 Å². The Morgan fingerprint density at radius 3 is 2.56 bits per heavy atom. The molecule has 1 aromatic rings. The average Bonchev–Trinajstić information content (AvgIpc) is 2.57. The summed E-state index contributed by atoms with van der Waals surface area (Å²) in [6.45, 7) is 9.76. The summed E-state index contributed by atoms with van der Waals surface area (Å²) < 4.78 is 1.19. The van der Waals surface area contributed by atoms with Crippen LogP contribution < -0.4 is 5.32 Å². The minimum absolute atomic E-state index is 0.185. The maximum absolute atomic E-state index is 3.52. The van der Waals surface area contributed by atoms with Crippen LogP contribution in [0.2, 0.25) is 0 Å². The first-order valence-electron chi connectivity index (χ1n) is 5.60. The third-order valence-electron chi connectivity index (χ3n) is 2.24. The third kappa shape index (κ3) is 5.28. The summed E-state index contributed by atoms with van der Waals surface area (Å²) in [5, 5.41) is 3.52. The second kappa shape index (κ2) is 5.99. The number of hydrogen-bond acceptors (Lipinski definition) is 2. The van der Waals surface area contributed by atoms with Crippen molar-refractivity contribution in [2.45, 2.75) is 39.7 Å². The van der Waals surface area contributed by atoms with E-state index in [-0.39, 0.29) is 5.54 Å². The van der Waals surface area contributed by atoms with E-state index < -0.39 is 0 Å². The fourth-order valence-electron chi connectivity index (χ4n) is 1.26. The predicted molar refractivity (Wildman–Crippen MR) is 78.0 cm³/mol. The fraction of sp³-hybridized carbons (Fsp3) is 0.538. The Hall–Kier alpha value is -0.120. The van der Waals surface area contributed by atoms with Crippen LogP contribution in [0.25, 0.3) is 6.08 Å². The first kappa shape index (κ1) is 13.9. The van der Waals surface area contributed by atoms with Gasteiger partial charge in [-0.15, -0.1) is 11.3 Å². The molecule has 1 N–H and O–H groups in total. The number of hydrogen-bond donors (Lipinski definition) is 1. The number of halogens is 1. The highest BCUT2D eigenvalue weighted by molar-refractivity contribution is 9.11. The SMILES string of the molecule is CCC(=Cc1ccc(Br)s1)CNC(C)(C)C. The molecule has 3 heteroatoms. The Morgan fingerprint density at radius 2 is 2.12 bits per heavy atom. The van der Waals surface area contributed by atoms with Crippen molar-refractivity contribution >= 4 is 33.3 Å². The van der Waals surface area contributed by atoms with E-state index in [2.05, 4.69) is 67.2 Å². The molecule has 0 atom stereocenters. The Bertz CT molecular complexity index is 360. The molecule has 0 radical (unpaired) electrons. The van der Waals surface area contributed by atoms with Gasteiger partial charge in [-0.3, -0.25) is 0 Å². The van der Waals surface area contributed by atoms with E-state index in [4.69, 9.17) is 0 Å². The molecule has 0 aliphatic carbocycles. The molecule has 1 aromatic heterocycles. The lowest BCUT2D eigenvalue weighted by Gasteiger charge is -2.21. The van der Waals surface area contributed by atoms with Gasteiger partial charge in [-0.05, 0) is 61.3 Å². The van der Waals surface area contributed by atoms with Gasteiger partial charge in [0.1, 0.15) is 0 Å². The molecule has 0 saturated carbocycles. The van der Waals surface area contributed by atoms with E-state index in [0.717, 1.165) is 13.0 Å². The lowest BCUT2D eigenvalue weighted by atomic mass is 10.1. The van der Waals surface area contributed by atoms with Crippen molar-refractivity contribution in [3.63, 3.8) is 0 Å². The summed E-state index contributed by atoms with van der Waals surface area (Å²) >= 11 is 5.27. The summed E-state index contributed by atoms with van der Waals surface area (Å²) in [6.07, 6.45) is 3.38. The molecule has 1 rings (SSSR count). The van der Waals surface area contributed by atoms with Crippen LogP contribution >= 0.6 is 27.3 Å². The first-order valence-corrected chi connectivity index (χ1v) is 7.21. The summed E-state index contributed by atoms with van der Waals surface area (Å²) in [5.41, 5.74) is 1.63. The van der Waals surface area contributed by atoms with Crippen molar-refractivity contribution in [2.75, 3.05) is 6.54 Å². The second-order valence-electron chi connectivity index (χ2n) is 4.90. The van der Waals surface area contributed by atoms with Gasteiger partial charge < -0.3 is 5.32 Å². The van der Waals surface area contributed by atoms with E-state index >= 15 is 0 Å². The molecule has 90 valence electrons. The third-order valence-corrected chi connectivity index (χ3v) is 3.81. The normalized spacial score (nSPS) is 13.2. The van der Waals surface area contributed by atoms with Gasteiger partial charge in [0, 0.05) is 17.0 Å². The molecule has 0 aliphatic heterocycles. The van der Waals surface area contributed by atoms with Crippen molar-refractivity contribution in [1.29, 1.82) is 0 Å². The van der Waals surface area contributed by atoms with Crippen LogP contribution in [0.4, 0.5) is 0 Å². The van der Waals surface area contributed by atoms with Crippen LogP contribution in [-0.4, -0.2) is 12.1 Å². The van der Waals surface area contributed by atoms with Gasteiger partial charge in [0.2, 0.25) is 0 Å². The Morgan fingerprint density at radius 1 is 1.44 bits per heavy atom. The van der Waals surface area contributed by atoms with Crippen LogP contribution in [0.5, 0.6) is 0 Å². The molecule has 0 fully saturated rings. The van der Waals surface area contributed by atoms with Gasteiger partial charge in [0.15, 0.2) is 0 Å². The number of rotatable bonds is 4. The van der Waals surface area contributed by atoms with Crippen molar-refractivity contribution in [3.8, 4) is 0 Å². The van der Waals surface area contributed by atoms with Gasteiger partial charge in [-0.1, -0.05) is 12.5 Å². The smallest absolute Gasteiger partial charge is 0.0704 e. The minimum atomic E-state index is 0.185. The highest BCUT2D eigenvalue weighted by Crippen LogP contribution is 2.24. The number of thiophene rings is 1. The molecule has 0 bridgehead atoms. The zero-order chi connectivity index (χ0) is 12.2. The molecule has 0 amide bonds. The van der Waals surface area contributed by atoms with Gasteiger partial charge >= 0.3 is 0 Å². The predicted octanol–water partition coefficient (Wildman–Crippen LogP) is 4.69. The molecule has 0 unspecified atom stereocenters. The van der Waals surface area contributed by atoms with Gasteiger partial charge in [-0.2, -0.15) is 0 Å². The number of nitrogens with one attached hydrogen (secondary N) is 1. The summed E-state index contributed by atoms with van der Waals surface area (Å²) in [4.78, 5) is 1.32. The van der Waals surface area contributed by atoms with Gasteiger partial charge in [0.05, 0.1) is 3.79 Å². The molecule has 0 saturated heterocycles. The van der Waals surface area contributed by atoms with E-state index in [1.54, 1.807) is 11.3 Å². The van der Waals surface area contributed by atoms with E-state index in [1.807, 2.05) is 0 Å². The quantitative estimate of drug-likeness (QED) is 0.850. The largest absolute Gasteiger partial charge is 0.308 e. The lowest BCUT2D eigenvalue weighted by Crippen LogP contribution is -2.36. The van der Waals surface area contributed by atoms with Crippen molar-refractivity contribution in [3.05, 3.63) is 26.4 Å². The van der Waals surface area contributed by atoms with Crippen molar-refractivity contribution in [2.24, 2.45) is 0 Å². The second-order valence-corrected chi connectivity index (χ2v) is 7.40. The minimum Gasteiger partial charge on any atom is -0.308 e. The Labute approximate surface area is 111 Å². The molecule has 1 nitrogen and oxygen atoms in total. The molecule has 0 aliphatic rings. The maximum atomic E-state index is 3.52. The molecular weight excluding hydrogens is 282 g/mol. The zero-order valence-electron chi connectivity index (χ0n) is 10.4. The molecule has 0 aromatic carbocycles. The highest BCUT2D eigenvalue weighted by atomic mass is 79.9. The van der Waals surface area contributed by atoms with Crippen molar-refractivity contribution in [1.82, 2.24) is 5.32 Å². The Kier molecular flexibility index (Phi) is 5.22. The van der Waals surface area contributed by atoms with E-state index in [1.165, 1.54) is 14.2 Å². The van der Waals surface area contributed by atoms with Crippen LogP contribution in [0.1, 0.15) is 39.0 Å². The molecule has 1 heterocycles. The average molecular weight is 302 g/mol. The van der Waals surface area contributed by atoms with Gasteiger partial charge in [-0.25, -0.2) is 0 Å². The van der Waals surface area contributed by atoms with E-state index in [9.17, 15) is 0 Å². The maximum Gasteiger partial charge on any atom is 0.0704 e. The summed E-state index contributed by atoms with van der Waals surface area (Å²) in [6, 6.07) is 4.25. The fourth-order valence-corrected chi connectivity index (χ4v) is 2.68. The van der Waals surface area contributed by atoms with Crippen molar-refractivity contribution < 1.29 is 0 Å². The van der Waals surface area contributed by atoms with Crippen LogP contribution in [0, 0.1) is 0 Å². The van der Waals surface area contributed by atoms with E-state index in [0.29, 0.717) is 0 Å². The zero-order valence-corrected chi connectivity index (χ0v) is 12.8. The van der Waals surface area contributed by atoms with Gasteiger partial charge in [0.25, 0.3) is 0 Å². The standard InChI is InChI=1S/C13H20BrNS/c1-5-10(9-15-13(2,3)4)8-11-6-7-12(14)16-11/h6-8,15H,5,9H2,1-4H3. The summed E-state index contributed by atoms with van der Waals surface area (Å²) in [7, 11) is 0. The lowest BCUT2D eigenvalue weighted by molar-refractivity contribution is 0.443. The Balaban J connectivity index is 2.64. The topological polar surface area (TPSA) is 12.0 Å². The molecule has 0 spiro atoms. The summed E-state index contributed by atoms with van der Waals surface area (Å²) in [5.74, 6) is 0. The highest BCUT2D eigenvalue weighted by Gasteiger charge is 2.08.